The van der Waals surface area contributed by atoms with Crippen molar-refractivity contribution in [2.75, 3.05) is 19.6 Å². The summed E-state index contributed by atoms with van der Waals surface area (Å²) in [5, 5.41) is 20.7. The molecule has 80 valence electrons. The maximum Gasteiger partial charge on any atom is 0.282 e. The van der Waals surface area contributed by atoms with Crippen LogP contribution < -0.4 is 0 Å². The Labute approximate surface area is 82.8 Å². The fourth-order valence-electron chi connectivity index (χ4n) is 1.32. The van der Waals surface area contributed by atoms with Crippen molar-refractivity contribution in [1.29, 1.82) is 5.53 Å². The third-order valence-corrected chi connectivity index (χ3v) is 2.15. The Morgan fingerprint density at radius 3 is 2.86 bits per heavy atom. The molecule has 0 aromatic rings. The van der Waals surface area contributed by atoms with E-state index in [-0.39, 0.29) is 6.42 Å². The van der Waals surface area contributed by atoms with Crippen LogP contribution in [0.4, 0.5) is 0 Å². The van der Waals surface area contributed by atoms with Crippen molar-refractivity contribution < 1.29 is 10.2 Å². The van der Waals surface area contributed by atoms with Crippen LogP contribution in [-0.2, 0) is 0 Å². The van der Waals surface area contributed by atoms with Gasteiger partial charge in [-0.25, -0.2) is 5.53 Å². The van der Waals surface area contributed by atoms with Gasteiger partial charge in [0.05, 0.1) is 12.9 Å². The van der Waals surface area contributed by atoms with E-state index in [4.69, 9.17) is 15.7 Å². The lowest BCUT2D eigenvalue weighted by Gasteiger charge is -2.16. The number of unbranched alkanes of at least 4 members (excludes halogenated alkanes) is 1. The molecule has 0 saturated carbocycles. The second-order valence-corrected chi connectivity index (χ2v) is 3.40. The van der Waals surface area contributed by atoms with Gasteiger partial charge in [-0.2, -0.15) is 0 Å². The Bertz CT molecular complexity index is 217. The Morgan fingerprint density at radius 2 is 2.29 bits per heavy atom. The zero-order valence-corrected chi connectivity index (χ0v) is 8.06. The van der Waals surface area contributed by atoms with E-state index < -0.39 is 5.91 Å². The minimum Gasteiger partial charge on any atom is -0.361 e. The van der Waals surface area contributed by atoms with Gasteiger partial charge in [0, 0.05) is 19.5 Å². The minimum atomic E-state index is -2.17. The molecule has 0 aromatic carbocycles. The van der Waals surface area contributed by atoms with Gasteiger partial charge in [-0.05, 0) is 12.8 Å². The molecule has 0 fully saturated rings. The number of aliphatic imine (C=N–C) groups is 1. The van der Waals surface area contributed by atoms with Gasteiger partial charge < -0.3 is 15.1 Å². The predicted molar refractivity (Wildman–Crippen MR) is 51.1 cm³/mol. The Morgan fingerprint density at radius 1 is 1.50 bits per heavy atom. The van der Waals surface area contributed by atoms with Crippen molar-refractivity contribution in [2.45, 2.75) is 25.2 Å². The normalized spacial score (nSPS) is 16.3. The first-order valence-electron chi connectivity index (χ1n) is 4.71. The van der Waals surface area contributed by atoms with Gasteiger partial charge >= 0.3 is 0 Å². The highest BCUT2D eigenvalue weighted by Gasteiger charge is 2.20. The van der Waals surface area contributed by atoms with Gasteiger partial charge in [0.1, 0.15) is 0 Å². The third kappa shape index (κ3) is 3.80. The highest BCUT2D eigenvalue weighted by Crippen LogP contribution is 2.12. The molecule has 0 radical (unpaired) electrons. The van der Waals surface area contributed by atoms with E-state index >= 15 is 0 Å². The van der Waals surface area contributed by atoms with Crippen LogP contribution in [0.1, 0.15) is 19.3 Å². The van der Waals surface area contributed by atoms with E-state index in [1.807, 2.05) is 6.34 Å². The topological polar surface area (TPSA) is 92.3 Å². The molecule has 14 heavy (non-hydrogen) atoms. The molecule has 0 aliphatic carbocycles. The number of rotatable bonds is 6. The fourth-order valence-corrected chi connectivity index (χ4v) is 1.32. The van der Waals surface area contributed by atoms with E-state index in [1.54, 1.807) is 0 Å². The molecule has 0 amide bonds. The summed E-state index contributed by atoms with van der Waals surface area (Å²) in [6.45, 7) is 2.68. The van der Waals surface area contributed by atoms with Gasteiger partial charge in [-0.3, -0.25) is 4.99 Å². The largest absolute Gasteiger partial charge is 0.361 e. The molecular formula is C8H16N4O2. The minimum absolute atomic E-state index is 0.113. The lowest BCUT2D eigenvalue weighted by Crippen LogP contribution is -2.25. The van der Waals surface area contributed by atoms with E-state index in [2.05, 4.69) is 15.0 Å². The lowest BCUT2D eigenvalue weighted by molar-refractivity contribution is -0.165. The average molecular weight is 200 g/mol. The van der Waals surface area contributed by atoms with Crippen LogP contribution in [-0.4, -0.2) is 47.0 Å². The molecule has 0 atom stereocenters. The van der Waals surface area contributed by atoms with Crippen LogP contribution in [0.2, 0.25) is 0 Å². The summed E-state index contributed by atoms with van der Waals surface area (Å²) in [4.78, 5) is 6.15. The molecule has 1 aliphatic rings. The van der Waals surface area contributed by atoms with E-state index in [9.17, 15) is 0 Å². The molecule has 0 bridgehead atoms. The summed E-state index contributed by atoms with van der Waals surface area (Å²) >= 11 is 0. The smallest absolute Gasteiger partial charge is 0.282 e. The first-order valence-corrected chi connectivity index (χ1v) is 4.71. The van der Waals surface area contributed by atoms with E-state index in [0.29, 0.717) is 6.42 Å². The van der Waals surface area contributed by atoms with Crippen LogP contribution in [0.5, 0.6) is 0 Å². The van der Waals surface area contributed by atoms with E-state index in [0.717, 1.165) is 26.1 Å². The van der Waals surface area contributed by atoms with Crippen molar-refractivity contribution in [3.05, 3.63) is 0 Å². The number of aliphatic hydroxyl groups is 2. The average Bonchev–Trinajstić information content (AvgIpc) is 2.65. The molecule has 1 aliphatic heterocycles. The van der Waals surface area contributed by atoms with Crippen molar-refractivity contribution in [3.63, 3.8) is 0 Å². The SMILES string of the molecule is N=NC(O)(O)CCCCN1C=NCC1. The van der Waals surface area contributed by atoms with Crippen LogP contribution in [0.15, 0.2) is 10.1 Å². The highest BCUT2D eigenvalue weighted by atomic mass is 16.5. The molecule has 6 nitrogen and oxygen atoms in total. The van der Waals surface area contributed by atoms with Crippen molar-refractivity contribution in [3.8, 4) is 0 Å². The van der Waals surface area contributed by atoms with Crippen LogP contribution in [0.25, 0.3) is 0 Å². The van der Waals surface area contributed by atoms with E-state index in [1.165, 1.54) is 0 Å². The maximum absolute atomic E-state index is 8.98. The van der Waals surface area contributed by atoms with Crippen LogP contribution in [0, 0.1) is 5.53 Å². The molecule has 1 heterocycles. The predicted octanol–water partition coefficient (Wildman–Crippen LogP) is 0.170. The summed E-state index contributed by atoms with van der Waals surface area (Å²) in [7, 11) is 0. The number of hydrogen-bond donors (Lipinski definition) is 3. The monoisotopic (exact) mass is 200 g/mol. The van der Waals surface area contributed by atoms with Crippen molar-refractivity contribution in [2.24, 2.45) is 10.1 Å². The Hall–Kier alpha value is -1.01. The third-order valence-electron chi connectivity index (χ3n) is 2.15. The molecule has 0 aromatic heterocycles. The van der Waals surface area contributed by atoms with Gasteiger partial charge in [0.2, 0.25) is 0 Å². The first kappa shape index (κ1) is 11.1. The highest BCUT2D eigenvalue weighted by molar-refractivity contribution is 5.56. The zero-order valence-electron chi connectivity index (χ0n) is 8.06. The fraction of sp³-hybridized carbons (Fsp3) is 0.875. The second kappa shape index (κ2) is 5.02. The lowest BCUT2D eigenvalue weighted by atomic mass is 10.2. The Balaban J connectivity index is 2.04. The zero-order chi connectivity index (χ0) is 10.4. The summed E-state index contributed by atoms with van der Waals surface area (Å²) in [5.41, 5.74) is 6.50. The number of nitrogens with zero attached hydrogens (tertiary/aromatic N) is 3. The van der Waals surface area contributed by atoms with Crippen LogP contribution >= 0.6 is 0 Å². The van der Waals surface area contributed by atoms with Crippen LogP contribution in [0.3, 0.4) is 0 Å². The summed E-state index contributed by atoms with van der Waals surface area (Å²) in [5.74, 6) is -2.17. The Kier molecular flexibility index (Phi) is 3.97. The second-order valence-electron chi connectivity index (χ2n) is 3.40. The molecule has 0 spiro atoms. The quantitative estimate of drug-likeness (QED) is 0.324. The standard InChI is InChI=1S/C8H16N4O2/c9-11-8(13,14)3-1-2-5-12-6-4-10-7-12/h7,9,13-14H,1-6H2. The molecule has 1 rings (SSSR count). The number of hydrogen-bond acceptors (Lipinski definition) is 6. The molecule has 0 saturated heterocycles. The number of nitrogens with one attached hydrogen (secondary N) is 1. The van der Waals surface area contributed by atoms with Gasteiger partial charge in [0.25, 0.3) is 5.91 Å². The van der Waals surface area contributed by atoms with Gasteiger partial charge in [0.15, 0.2) is 0 Å². The van der Waals surface area contributed by atoms with Gasteiger partial charge in [-0.15, -0.1) is 5.11 Å². The maximum atomic E-state index is 8.98. The van der Waals surface area contributed by atoms with Gasteiger partial charge in [-0.1, -0.05) is 0 Å². The molecule has 0 unspecified atom stereocenters. The summed E-state index contributed by atoms with van der Waals surface area (Å²) in [6, 6.07) is 0. The molecule has 6 heteroatoms. The molecular weight excluding hydrogens is 184 g/mol. The van der Waals surface area contributed by atoms with Crippen molar-refractivity contribution in [1.82, 2.24) is 4.90 Å². The first-order chi connectivity index (χ1) is 6.64. The summed E-state index contributed by atoms with van der Waals surface area (Å²) < 4.78 is 0. The van der Waals surface area contributed by atoms with Crippen molar-refractivity contribution >= 4 is 6.34 Å². The molecule has 3 N–H and O–H groups in total. The summed E-state index contributed by atoms with van der Waals surface area (Å²) in [6.07, 6.45) is 3.42.